The van der Waals surface area contributed by atoms with Crippen LogP contribution in [0.2, 0.25) is 0 Å². The van der Waals surface area contributed by atoms with Crippen molar-refractivity contribution in [2.45, 2.75) is 76.0 Å². The number of thioether (sulfide) groups is 1. The minimum Gasteiger partial charge on any atom is -0.389 e. The van der Waals surface area contributed by atoms with Crippen molar-refractivity contribution in [1.82, 2.24) is 10.6 Å². The van der Waals surface area contributed by atoms with E-state index in [4.69, 9.17) is 9.47 Å². The molecule has 5 atom stereocenters. The lowest BCUT2D eigenvalue weighted by molar-refractivity contribution is -0.199. The molecule has 1 amide bonds. The highest BCUT2D eigenvalue weighted by molar-refractivity contribution is 8.00. The molecule has 2 fully saturated rings. The highest BCUT2D eigenvalue weighted by Crippen LogP contribution is 2.31. The standard InChI is InChI=1S/C15H28N2O4S/c1-5-6-15(3,4)22-8-7-20-14-11(16-9(2)18)12(19)10-13(17-10)21-14/h10-14,17,19H,5-8H2,1-4H3,(H,16,18). The van der Waals surface area contributed by atoms with E-state index < -0.39 is 18.4 Å². The molecular weight excluding hydrogens is 304 g/mol. The van der Waals surface area contributed by atoms with Crippen LogP contribution in [-0.2, 0) is 14.3 Å². The van der Waals surface area contributed by atoms with E-state index in [1.807, 2.05) is 11.8 Å². The third-order valence-corrected chi connectivity index (χ3v) is 5.32. The molecule has 22 heavy (non-hydrogen) atoms. The van der Waals surface area contributed by atoms with Gasteiger partial charge in [0.1, 0.15) is 12.3 Å². The number of carbonyl (C=O) groups excluding carboxylic acids is 1. The Hall–Kier alpha value is -0.340. The normalized spacial score (nSPS) is 34.1. The van der Waals surface area contributed by atoms with Crippen LogP contribution in [0.3, 0.4) is 0 Å². The van der Waals surface area contributed by atoms with E-state index in [1.165, 1.54) is 13.3 Å². The summed E-state index contributed by atoms with van der Waals surface area (Å²) in [6, 6.07) is -0.628. The summed E-state index contributed by atoms with van der Waals surface area (Å²) in [5.41, 5.74) is 0. The topological polar surface area (TPSA) is 89.7 Å². The minimum absolute atomic E-state index is 0.102. The van der Waals surface area contributed by atoms with Crippen LogP contribution >= 0.6 is 11.8 Å². The fourth-order valence-corrected chi connectivity index (χ4v) is 3.92. The number of nitrogens with one attached hydrogen (secondary N) is 2. The van der Waals surface area contributed by atoms with Crippen LogP contribution in [0.5, 0.6) is 0 Å². The van der Waals surface area contributed by atoms with E-state index >= 15 is 0 Å². The summed E-state index contributed by atoms with van der Waals surface area (Å²) >= 11 is 1.87. The van der Waals surface area contributed by atoms with Crippen molar-refractivity contribution in [3.63, 3.8) is 0 Å². The zero-order valence-electron chi connectivity index (χ0n) is 13.8. The summed E-state index contributed by atoms with van der Waals surface area (Å²) in [7, 11) is 0. The molecule has 2 aliphatic rings. The average molecular weight is 332 g/mol. The van der Waals surface area contributed by atoms with Crippen molar-refractivity contribution < 1.29 is 19.4 Å². The van der Waals surface area contributed by atoms with Gasteiger partial charge in [0.05, 0.1) is 18.8 Å². The second kappa shape index (κ2) is 7.49. The van der Waals surface area contributed by atoms with E-state index in [0.717, 1.165) is 12.2 Å². The number of carbonyl (C=O) groups is 1. The number of hydrogen-bond donors (Lipinski definition) is 3. The number of ether oxygens (including phenoxy) is 2. The summed E-state index contributed by atoms with van der Waals surface area (Å²) in [6.45, 7) is 8.62. The fraction of sp³-hybridized carbons (Fsp3) is 0.933. The van der Waals surface area contributed by atoms with Crippen molar-refractivity contribution in [3.8, 4) is 0 Å². The highest BCUT2D eigenvalue weighted by Gasteiger charge is 2.55. The van der Waals surface area contributed by atoms with Crippen LogP contribution < -0.4 is 10.6 Å². The van der Waals surface area contributed by atoms with Gasteiger partial charge in [0.15, 0.2) is 6.29 Å². The first-order valence-electron chi connectivity index (χ1n) is 7.96. The van der Waals surface area contributed by atoms with Gasteiger partial charge in [0.25, 0.3) is 0 Å². The lowest BCUT2D eigenvalue weighted by Crippen LogP contribution is -2.57. The highest BCUT2D eigenvalue weighted by atomic mass is 32.2. The number of rotatable bonds is 8. The maximum absolute atomic E-state index is 11.3. The number of amides is 1. The second-order valence-corrected chi connectivity index (χ2v) is 8.37. The molecule has 2 heterocycles. The fourth-order valence-electron chi connectivity index (χ4n) is 2.84. The molecule has 0 aromatic heterocycles. The molecular formula is C15H28N2O4S. The Labute approximate surface area is 136 Å². The molecule has 0 spiro atoms. The van der Waals surface area contributed by atoms with Gasteiger partial charge in [-0.3, -0.25) is 10.1 Å². The van der Waals surface area contributed by atoms with Crippen LogP contribution in [0, 0.1) is 0 Å². The molecule has 2 rings (SSSR count). The van der Waals surface area contributed by atoms with Gasteiger partial charge in [-0.25, -0.2) is 0 Å². The molecule has 0 aliphatic carbocycles. The average Bonchev–Trinajstić information content (AvgIpc) is 3.18. The molecule has 0 aromatic carbocycles. The number of aliphatic hydroxyl groups is 1. The van der Waals surface area contributed by atoms with E-state index in [1.54, 1.807) is 0 Å². The van der Waals surface area contributed by atoms with Crippen molar-refractivity contribution >= 4 is 17.7 Å². The quantitative estimate of drug-likeness (QED) is 0.451. The molecule has 128 valence electrons. The van der Waals surface area contributed by atoms with Gasteiger partial charge in [0, 0.05) is 17.4 Å². The number of fused-ring (bicyclic) bond motifs is 1. The molecule has 0 saturated carbocycles. The summed E-state index contributed by atoms with van der Waals surface area (Å²) in [4.78, 5) is 11.3. The SMILES string of the molecule is CCCC(C)(C)SCCOC1OC2NC2C(O)C1NC(C)=O. The van der Waals surface area contributed by atoms with Crippen LogP contribution in [0.25, 0.3) is 0 Å². The van der Waals surface area contributed by atoms with Crippen LogP contribution in [0.15, 0.2) is 0 Å². The first-order valence-corrected chi connectivity index (χ1v) is 8.95. The van der Waals surface area contributed by atoms with Gasteiger partial charge in [-0.15, -0.1) is 0 Å². The van der Waals surface area contributed by atoms with Gasteiger partial charge in [-0.1, -0.05) is 27.2 Å². The van der Waals surface area contributed by atoms with Gasteiger partial charge in [0.2, 0.25) is 5.91 Å². The first-order chi connectivity index (χ1) is 10.3. The lowest BCUT2D eigenvalue weighted by Gasteiger charge is -2.34. The predicted molar refractivity (Wildman–Crippen MR) is 86.6 cm³/mol. The van der Waals surface area contributed by atoms with Crippen molar-refractivity contribution in [3.05, 3.63) is 0 Å². The molecule has 7 heteroatoms. The maximum Gasteiger partial charge on any atom is 0.217 e. The van der Waals surface area contributed by atoms with Gasteiger partial charge in [-0.2, -0.15) is 11.8 Å². The number of hydrogen-bond acceptors (Lipinski definition) is 6. The summed E-state index contributed by atoms with van der Waals surface area (Å²) in [5, 5.41) is 16.0. The third-order valence-electron chi connectivity index (χ3n) is 3.96. The molecule has 5 unspecified atom stereocenters. The van der Waals surface area contributed by atoms with E-state index in [0.29, 0.717) is 6.61 Å². The Bertz CT molecular complexity index is 394. The van der Waals surface area contributed by atoms with Gasteiger partial charge in [-0.05, 0) is 6.42 Å². The van der Waals surface area contributed by atoms with E-state index in [9.17, 15) is 9.90 Å². The van der Waals surface area contributed by atoms with E-state index in [-0.39, 0.29) is 22.9 Å². The van der Waals surface area contributed by atoms with Crippen LogP contribution in [0.1, 0.15) is 40.5 Å². The Morgan fingerprint density at radius 1 is 1.50 bits per heavy atom. The zero-order chi connectivity index (χ0) is 16.3. The third kappa shape index (κ3) is 4.83. The zero-order valence-corrected chi connectivity index (χ0v) is 14.6. The molecule has 3 N–H and O–H groups in total. The van der Waals surface area contributed by atoms with Crippen molar-refractivity contribution in [2.75, 3.05) is 12.4 Å². The molecule has 6 nitrogen and oxygen atoms in total. The largest absolute Gasteiger partial charge is 0.389 e. The van der Waals surface area contributed by atoms with Crippen molar-refractivity contribution in [1.29, 1.82) is 0 Å². The monoisotopic (exact) mass is 332 g/mol. The van der Waals surface area contributed by atoms with Crippen LogP contribution in [-0.4, -0.2) is 58.8 Å². The lowest BCUT2D eigenvalue weighted by atomic mass is 10.0. The number of aliphatic hydroxyl groups excluding tert-OH is 1. The molecule has 0 radical (unpaired) electrons. The Balaban J connectivity index is 1.78. The maximum atomic E-state index is 11.3. The van der Waals surface area contributed by atoms with Gasteiger partial charge >= 0.3 is 0 Å². The van der Waals surface area contributed by atoms with Crippen molar-refractivity contribution in [2.24, 2.45) is 0 Å². The summed E-state index contributed by atoms with van der Waals surface area (Å²) in [6.07, 6.45) is 0.882. The Kier molecular flexibility index (Phi) is 6.13. The summed E-state index contributed by atoms with van der Waals surface area (Å²) < 4.78 is 11.7. The second-order valence-electron chi connectivity index (χ2n) is 6.56. The van der Waals surface area contributed by atoms with E-state index in [2.05, 4.69) is 31.4 Å². The summed E-state index contributed by atoms with van der Waals surface area (Å²) in [5.74, 6) is 0.663. The smallest absolute Gasteiger partial charge is 0.217 e. The molecule has 2 saturated heterocycles. The predicted octanol–water partition coefficient (Wildman–Crippen LogP) is 0.835. The minimum atomic E-state index is -0.683. The molecule has 0 bridgehead atoms. The molecule has 2 aliphatic heterocycles. The Morgan fingerprint density at radius 3 is 2.86 bits per heavy atom. The first kappa shape index (κ1) is 18.0. The molecule has 0 aromatic rings. The van der Waals surface area contributed by atoms with Gasteiger partial charge < -0.3 is 19.9 Å². The Morgan fingerprint density at radius 2 is 2.23 bits per heavy atom. The van der Waals surface area contributed by atoms with Crippen LogP contribution in [0.4, 0.5) is 0 Å².